The van der Waals surface area contributed by atoms with Gasteiger partial charge in [-0.25, -0.2) is 9.78 Å². The molecule has 1 atom stereocenters. The number of benzene rings is 1. The van der Waals surface area contributed by atoms with E-state index < -0.39 is 12.0 Å². The Kier molecular flexibility index (Phi) is 3.61. The number of carbonyl (C=O) groups is 2. The number of aliphatic carboxylic acids is 1. The Bertz CT molecular complexity index is 788. The number of nitrogens with one attached hydrogen (secondary N) is 3. The van der Waals surface area contributed by atoms with Gasteiger partial charge < -0.3 is 20.4 Å². The van der Waals surface area contributed by atoms with Crippen LogP contribution < -0.4 is 5.32 Å². The average Bonchev–Trinajstić information content (AvgIpc) is 3.12. The summed E-state index contributed by atoms with van der Waals surface area (Å²) in [5.41, 5.74) is 1.44. The molecule has 3 aromatic rings. The molecule has 0 saturated carbocycles. The topological polar surface area (TPSA) is 111 Å². The Labute approximate surface area is 125 Å². The summed E-state index contributed by atoms with van der Waals surface area (Å²) in [4.78, 5) is 31.8. The summed E-state index contributed by atoms with van der Waals surface area (Å²) in [5, 5.41) is 13.3. The van der Waals surface area contributed by atoms with Gasteiger partial charge in [-0.2, -0.15) is 0 Å². The largest absolute Gasteiger partial charge is 0.480 e. The van der Waals surface area contributed by atoms with E-state index in [0.717, 1.165) is 10.9 Å². The second-order valence-electron chi connectivity index (χ2n) is 4.90. The van der Waals surface area contributed by atoms with E-state index in [1.807, 2.05) is 30.3 Å². The molecule has 0 radical (unpaired) electrons. The zero-order valence-corrected chi connectivity index (χ0v) is 11.5. The molecule has 22 heavy (non-hydrogen) atoms. The Morgan fingerprint density at radius 2 is 2.23 bits per heavy atom. The summed E-state index contributed by atoms with van der Waals surface area (Å²) in [7, 11) is 0. The van der Waals surface area contributed by atoms with Crippen molar-refractivity contribution in [2.24, 2.45) is 0 Å². The molecule has 1 aromatic carbocycles. The highest BCUT2D eigenvalue weighted by atomic mass is 16.4. The van der Waals surface area contributed by atoms with Crippen molar-refractivity contribution in [1.29, 1.82) is 0 Å². The average molecular weight is 298 g/mol. The molecule has 0 aliphatic carbocycles. The van der Waals surface area contributed by atoms with Gasteiger partial charge in [-0.15, -0.1) is 0 Å². The van der Waals surface area contributed by atoms with Crippen molar-refractivity contribution in [2.45, 2.75) is 12.5 Å². The molecule has 4 N–H and O–H groups in total. The lowest BCUT2D eigenvalue weighted by atomic mass is 10.1. The molecule has 112 valence electrons. The third-order valence-corrected chi connectivity index (χ3v) is 3.33. The van der Waals surface area contributed by atoms with Crippen molar-refractivity contribution >= 4 is 29.0 Å². The number of aromatic amines is 2. The van der Waals surface area contributed by atoms with Crippen LogP contribution in [0.25, 0.3) is 10.9 Å². The third kappa shape index (κ3) is 2.83. The molecular weight excluding hydrogens is 284 g/mol. The molecule has 2 heterocycles. The summed E-state index contributed by atoms with van der Waals surface area (Å²) < 4.78 is 0. The first-order valence-electron chi connectivity index (χ1n) is 6.72. The quantitative estimate of drug-likeness (QED) is 0.519. The van der Waals surface area contributed by atoms with Gasteiger partial charge >= 0.3 is 5.97 Å². The van der Waals surface area contributed by atoms with E-state index in [4.69, 9.17) is 0 Å². The highest BCUT2D eigenvalue weighted by Gasteiger charge is 2.20. The number of aromatic nitrogens is 3. The minimum Gasteiger partial charge on any atom is -0.480 e. The third-order valence-electron chi connectivity index (χ3n) is 3.33. The lowest BCUT2D eigenvalue weighted by Crippen LogP contribution is -2.31. The minimum absolute atomic E-state index is 0.162. The smallest absolute Gasteiger partial charge is 0.326 e. The molecule has 0 unspecified atom stereocenters. The van der Waals surface area contributed by atoms with Gasteiger partial charge in [0.2, 0.25) is 0 Å². The summed E-state index contributed by atoms with van der Waals surface area (Å²) in [6, 6.07) is 8.68. The van der Waals surface area contributed by atoms with Crippen LogP contribution in [0.2, 0.25) is 0 Å². The van der Waals surface area contributed by atoms with Crippen LogP contribution in [-0.4, -0.2) is 38.4 Å². The maximum Gasteiger partial charge on any atom is 0.326 e. The predicted molar refractivity (Wildman–Crippen MR) is 81.0 cm³/mol. The van der Waals surface area contributed by atoms with Crippen LogP contribution in [0.5, 0.6) is 0 Å². The van der Waals surface area contributed by atoms with Crippen molar-refractivity contribution in [3.8, 4) is 0 Å². The minimum atomic E-state index is -0.991. The van der Waals surface area contributed by atoms with Crippen LogP contribution in [0.15, 0.2) is 36.5 Å². The number of anilines is 1. The van der Waals surface area contributed by atoms with Crippen LogP contribution >= 0.6 is 0 Å². The van der Waals surface area contributed by atoms with Crippen molar-refractivity contribution in [1.82, 2.24) is 15.0 Å². The number of para-hydroxylation sites is 1. The van der Waals surface area contributed by atoms with Crippen LogP contribution in [0, 0.1) is 0 Å². The number of H-pyrrole nitrogens is 2. The first-order chi connectivity index (χ1) is 10.7. The number of hydrogen-bond donors (Lipinski definition) is 4. The number of hydrogen-bond acceptors (Lipinski definition) is 4. The van der Waals surface area contributed by atoms with Gasteiger partial charge in [0.15, 0.2) is 12.1 Å². The predicted octanol–water partition coefficient (Wildman–Crippen LogP) is 1.81. The van der Waals surface area contributed by atoms with Crippen molar-refractivity contribution in [3.05, 3.63) is 48.0 Å². The highest BCUT2D eigenvalue weighted by Crippen LogP contribution is 2.19. The van der Waals surface area contributed by atoms with E-state index in [9.17, 15) is 14.7 Å². The van der Waals surface area contributed by atoms with Gasteiger partial charge in [0.25, 0.3) is 0 Å². The molecule has 7 heteroatoms. The maximum atomic E-state index is 11.4. The zero-order chi connectivity index (χ0) is 15.5. The number of nitrogens with zero attached hydrogens (tertiary/aromatic N) is 1. The number of rotatable bonds is 6. The number of carbonyl (C=O) groups excluding carboxylic acids is 1. The SMILES string of the molecule is O=Cc1nc(C[C@H](Nc2cc3ccccc3[nH]2)C(=O)O)c[nH]1. The van der Waals surface area contributed by atoms with E-state index in [0.29, 0.717) is 17.8 Å². The molecule has 0 amide bonds. The number of imidazole rings is 1. The van der Waals surface area contributed by atoms with E-state index in [1.54, 1.807) is 0 Å². The molecule has 3 rings (SSSR count). The van der Waals surface area contributed by atoms with Gasteiger partial charge in [0, 0.05) is 23.5 Å². The molecular formula is C15H14N4O3. The second kappa shape index (κ2) is 5.72. The van der Waals surface area contributed by atoms with Crippen LogP contribution in [0.3, 0.4) is 0 Å². The van der Waals surface area contributed by atoms with Gasteiger partial charge in [0.05, 0.1) is 5.69 Å². The fourth-order valence-electron chi connectivity index (χ4n) is 2.29. The molecule has 0 aliphatic rings. The molecule has 0 fully saturated rings. The Morgan fingerprint density at radius 3 is 2.91 bits per heavy atom. The fraction of sp³-hybridized carbons (Fsp3) is 0.133. The highest BCUT2D eigenvalue weighted by molar-refractivity contribution is 5.85. The van der Waals surface area contributed by atoms with Gasteiger partial charge in [-0.1, -0.05) is 18.2 Å². The van der Waals surface area contributed by atoms with Gasteiger partial charge in [-0.3, -0.25) is 4.79 Å². The van der Waals surface area contributed by atoms with E-state index >= 15 is 0 Å². The Morgan fingerprint density at radius 1 is 1.41 bits per heavy atom. The first-order valence-corrected chi connectivity index (χ1v) is 6.72. The van der Waals surface area contributed by atoms with Crippen molar-refractivity contribution < 1.29 is 14.7 Å². The Hall–Kier alpha value is -3.09. The Balaban J connectivity index is 1.78. The first kappa shape index (κ1) is 13.9. The molecule has 0 bridgehead atoms. The van der Waals surface area contributed by atoms with Crippen molar-refractivity contribution in [3.63, 3.8) is 0 Å². The number of fused-ring (bicyclic) bond motifs is 1. The van der Waals surface area contributed by atoms with Crippen LogP contribution in [0.4, 0.5) is 5.82 Å². The lowest BCUT2D eigenvalue weighted by molar-refractivity contribution is -0.137. The summed E-state index contributed by atoms with van der Waals surface area (Å²) in [6.07, 6.45) is 2.28. The van der Waals surface area contributed by atoms with Gasteiger partial charge in [-0.05, 0) is 12.1 Å². The summed E-state index contributed by atoms with van der Waals surface area (Å²) in [5.74, 6) is -0.182. The number of carboxylic acids is 1. The van der Waals surface area contributed by atoms with E-state index in [1.165, 1.54) is 6.20 Å². The van der Waals surface area contributed by atoms with Crippen LogP contribution in [-0.2, 0) is 11.2 Å². The molecule has 0 aliphatic heterocycles. The van der Waals surface area contributed by atoms with Crippen LogP contribution in [0.1, 0.15) is 16.3 Å². The fourth-order valence-corrected chi connectivity index (χ4v) is 2.29. The molecule has 7 nitrogen and oxygen atoms in total. The number of carboxylic acid groups (broad SMARTS) is 1. The lowest BCUT2D eigenvalue weighted by Gasteiger charge is -2.13. The van der Waals surface area contributed by atoms with Gasteiger partial charge in [0.1, 0.15) is 11.9 Å². The molecule has 0 saturated heterocycles. The number of aldehydes is 1. The molecule has 2 aromatic heterocycles. The van der Waals surface area contributed by atoms with E-state index in [-0.39, 0.29) is 12.2 Å². The summed E-state index contributed by atoms with van der Waals surface area (Å²) in [6.45, 7) is 0. The second-order valence-corrected chi connectivity index (χ2v) is 4.90. The van der Waals surface area contributed by atoms with Crippen molar-refractivity contribution in [2.75, 3.05) is 5.32 Å². The summed E-state index contributed by atoms with van der Waals surface area (Å²) >= 11 is 0. The molecule has 0 spiro atoms. The standard InChI is InChI=1S/C15H14N4O3/c20-8-14-16-7-10(17-14)6-12(15(21)22)19-13-5-9-3-1-2-4-11(9)18-13/h1-5,7-8,12,18-19H,6H2,(H,16,17)(H,21,22)/t12-/m0/s1. The zero-order valence-electron chi connectivity index (χ0n) is 11.5. The maximum absolute atomic E-state index is 11.4. The van der Waals surface area contributed by atoms with E-state index in [2.05, 4.69) is 20.3 Å². The monoisotopic (exact) mass is 298 g/mol. The normalized spacial score (nSPS) is 12.2.